The lowest BCUT2D eigenvalue weighted by molar-refractivity contribution is 0.0276. The van der Waals surface area contributed by atoms with Crippen molar-refractivity contribution < 1.29 is 5.11 Å². The van der Waals surface area contributed by atoms with E-state index in [-0.39, 0.29) is 5.60 Å². The third-order valence-corrected chi connectivity index (χ3v) is 2.10. The van der Waals surface area contributed by atoms with E-state index in [2.05, 4.69) is 12.2 Å². The Hall–Kier alpha value is -0.300. The van der Waals surface area contributed by atoms with Crippen molar-refractivity contribution in [3.05, 3.63) is 12.2 Å². The normalized spacial score (nSPS) is 34.9. The van der Waals surface area contributed by atoms with E-state index in [1.807, 2.05) is 6.92 Å². The molecule has 0 radical (unpaired) electrons. The average molecular weight is 126 g/mol. The molecule has 0 amide bonds. The highest BCUT2D eigenvalue weighted by molar-refractivity contribution is 4.97. The van der Waals surface area contributed by atoms with E-state index >= 15 is 0 Å². The molecule has 1 aliphatic carbocycles. The Balaban J connectivity index is 2.50. The van der Waals surface area contributed by atoms with E-state index in [0.29, 0.717) is 0 Å². The van der Waals surface area contributed by atoms with Crippen LogP contribution in [0.3, 0.4) is 0 Å². The van der Waals surface area contributed by atoms with Gasteiger partial charge in [-0.15, -0.1) is 0 Å². The molecule has 52 valence electrons. The molecule has 1 heteroatoms. The van der Waals surface area contributed by atoms with Gasteiger partial charge in [0.15, 0.2) is 0 Å². The molecule has 0 bridgehead atoms. The maximum absolute atomic E-state index is 9.63. The maximum Gasteiger partial charge on any atom is 0.0682 e. The first-order valence-electron chi connectivity index (χ1n) is 3.64. The number of rotatable bonds is 1. The largest absolute Gasteiger partial charge is 0.390 e. The molecule has 0 aromatic heterocycles. The third kappa shape index (κ3) is 1.55. The summed E-state index contributed by atoms with van der Waals surface area (Å²) in [6.07, 6.45) is 7.95. The van der Waals surface area contributed by atoms with Gasteiger partial charge in [-0.2, -0.15) is 0 Å². The highest BCUT2D eigenvalue weighted by Crippen LogP contribution is 2.25. The Morgan fingerprint density at radius 3 is 2.67 bits per heavy atom. The minimum absolute atomic E-state index is 0.366. The van der Waals surface area contributed by atoms with E-state index in [0.717, 1.165) is 25.7 Å². The zero-order valence-electron chi connectivity index (χ0n) is 5.93. The monoisotopic (exact) mass is 126 g/mol. The van der Waals surface area contributed by atoms with Crippen LogP contribution in [0.4, 0.5) is 0 Å². The molecule has 0 aliphatic heterocycles. The van der Waals surface area contributed by atoms with E-state index in [4.69, 9.17) is 0 Å². The van der Waals surface area contributed by atoms with Gasteiger partial charge < -0.3 is 5.11 Å². The van der Waals surface area contributed by atoms with Crippen LogP contribution < -0.4 is 0 Å². The summed E-state index contributed by atoms with van der Waals surface area (Å²) in [4.78, 5) is 0. The molecule has 0 saturated carbocycles. The van der Waals surface area contributed by atoms with Crippen molar-refractivity contribution in [2.45, 2.75) is 38.2 Å². The SMILES string of the molecule is CCC1(O)CC=CCC1. The summed E-state index contributed by atoms with van der Waals surface area (Å²) >= 11 is 0. The van der Waals surface area contributed by atoms with Gasteiger partial charge in [-0.3, -0.25) is 0 Å². The van der Waals surface area contributed by atoms with Gasteiger partial charge in [-0.05, 0) is 25.7 Å². The Morgan fingerprint density at radius 2 is 2.33 bits per heavy atom. The third-order valence-electron chi connectivity index (χ3n) is 2.10. The van der Waals surface area contributed by atoms with Gasteiger partial charge in [0, 0.05) is 0 Å². The second kappa shape index (κ2) is 2.53. The van der Waals surface area contributed by atoms with Crippen LogP contribution in [0, 0.1) is 0 Å². The fourth-order valence-electron chi connectivity index (χ4n) is 1.20. The van der Waals surface area contributed by atoms with E-state index in [1.54, 1.807) is 0 Å². The number of hydrogen-bond acceptors (Lipinski definition) is 1. The second-order valence-electron chi connectivity index (χ2n) is 2.79. The first-order valence-corrected chi connectivity index (χ1v) is 3.64. The van der Waals surface area contributed by atoms with E-state index in [1.165, 1.54) is 0 Å². The van der Waals surface area contributed by atoms with Crippen LogP contribution in [0.1, 0.15) is 32.6 Å². The molecule has 0 fully saturated rings. The summed E-state index contributed by atoms with van der Waals surface area (Å²) in [7, 11) is 0. The molecule has 1 rings (SSSR count). The molecule has 1 unspecified atom stereocenters. The molecular weight excluding hydrogens is 112 g/mol. The predicted octanol–water partition coefficient (Wildman–Crippen LogP) is 1.87. The fraction of sp³-hybridized carbons (Fsp3) is 0.750. The van der Waals surface area contributed by atoms with Crippen molar-refractivity contribution in [1.29, 1.82) is 0 Å². The van der Waals surface area contributed by atoms with Crippen molar-refractivity contribution in [3.8, 4) is 0 Å². The number of aliphatic hydroxyl groups is 1. The second-order valence-corrected chi connectivity index (χ2v) is 2.79. The highest BCUT2D eigenvalue weighted by Gasteiger charge is 2.23. The smallest absolute Gasteiger partial charge is 0.0682 e. The van der Waals surface area contributed by atoms with Crippen LogP contribution >= 0.6 is 0 Å². The van der Waals surface area contributed by atoms with Gasteiger partial charge in [0.25, 0.3) is 0 Å². The predicted molar refractivity (Wildman–Crippen MR) is 38.2 cm³/mol. The van der Waals surface area contributed by atoms with Crippen LogP contribution in [0.15, 0.2) is 12.2 Å². The van der Waals surface area contributed by atoms with Crippen LogP contribution in [0.2, 0.25) is 0 Å². The molecule has 9 heavy (non-hydrogen) atoms. The van der Waals surface area contributed by atoms with Crippen LogP contribution in [0.25, 0.3) is 0 Å². The Kier molecular flexibility index (Phi) is 1.91. The maximum atomic E-state index is 9.63. The molecule has 0 aromatic carbocycles. The summed E-state index contributed by atoms with van der Waals surface area (Å²) in [5, 5.41) is 9.63. The van der Waals surface area contributed by atoms with E-state index < -0.39 is 0 Å². The minimum Gasteiger partial charge on any atom is -0.390 e. The molecule has 1 N–H and O–H groups in total. The summed E-state index contributed by atoms with van der Waals surface area (Å²) < 4.78 is 0. The first kappa shape index (κ1) is 6.81. The lowest BCUT2D eigenvalue weighted by atomic mass is 9.87. The standard InChI is InChI=1S/C8H14O/c1-2-8(9)6-4-3-5-7-8/h3-4,9H,2,5-7H2,1H3. The van der Waals surface area contributed by atoms with Crippen molar-refractivity contribution >= 4 is 0 Å². The quantitative estimate of drug-likeness (QED) is 0.532. The summed E-state index contributed by atoms with van der Waals surface area (Å²) in [5.41, 5.74) is -0.366. The zero-order chi connectivity index (χ0) is 6.74. The summed E-state index contributed by atoms with van der Waals surface area (Å²) in [6, 6.07) is 0. The van der Waals surface area contributed by atoms with Gasteiger partial charge in [0.1, 0.15) is 0 Å². The average Bonchev–Trinajstić information content (AvgIpc) is 1.90. The molecule has 1 nitrogen and oxygen atoms in total. The fourth-order valence-corrected chi connectivity index (χ4v) is 1.20. The van der Waals surface area contributed by atoms with Crippen molar-refractivity contribution in [1.82, 2.24) is 0 Å². The minimum atomic E-state index is -0.366. The number of allylic oxidation sites excluding steroid dienone is 1. The molecule has 1 aliphatic rings. The van der Waals surface area contributed by atoms with Crippen molar-refractivity contribution in [3.63, 3.8) is 0 Å². The lowest BCUT2D eigenvalue weighted by Gasteiger charge is -2.27. The van der Waals surface area contributed by atoms with Crippen LogP contribution in [0.5, 0.6) is 0 Å². The Labute approximate surface area is 56.4 Å². The van der Waals surface area contributed by atoms with Crippen LogP contribution in [-0.2, 0) is 0 Å². The molecular formula is C8H14O. The van der Waals surface area contributed by atoms with Gasteiger partial charge >= 0.3 is 0 Å². The summed E-state index contributed by atoms with van der Waals surface area (Å²) in [6.45, 7) is 2.04. The number of hydrogen-bond donors (Lipinski definition) is 1. The molecule has 0 aromatic rings. The molecule has 0 heterocycles. The topological polar surface area (TPSA) is 20.2 Å². The van der Waals surface area contributed by atoms with Crippen LogP contribution in [-0.4, -0.2) is 10.7 Å². The Morgan fingerprint density at radius 1 is 1.56 bits per heavy atom. The van der Waals surface area contributed by atoms with Gasteiger partial charge in [0.05, 0.1) is 5.60 Å². The van der Waals surface area contributed by atoms with Crippen molar-refractivity contribution in [2.24, 2.45) is 0 Å². The zero-order valence-corrected chi connectivity index (χ0v) is 5.93. The first-order chi connectivity index (χ1) is 4.27. The van der Waals surface area contributed by atoms with Gasteiger partial charge in [-0.1, -0.05) is 19.1 Å². The summed E-state index contributed by atoms with van der Waals surface area (Å²) in [5.74, 6) is 0. The highest BCUT2D eigenvalue weighted by atomic mass is 16.3. The van der Waals surface area contributed by atoms with Gasteiger partial charge in [-0.25, -0.2) is 0 Å². The molecule has 0 saturated heterocycles. The van der Waals surface area contributed by atoms with E-state index in [9.17, 15) is 5.11 Å². The molecule has 1 atom stereocenters. The van der Waals surface area contributed by atoms with Gasteiger partial charge in [0.2, 0.25) is 0 Å². The Bertz CT molecular complexity index is 118. The molecule has 0 spiro atoms. The lowest BCUT2D eigenvalue weighted by Crippen LogP contribution is -2.27. The van der Waals surface area contributed by atoms with Crippen molar-refractivity contribution in [2.75, 3.05) is 0 Å².